The lowest BCUT2D eigenvalue weighted by Crippen LogP contribution is -2.27. The summed E-state index contributed by atoms with van der Waals surface area (Å²) in [6, 6.07) is 0. The number of aliphatic hydroxyl groups is 2. The Hall–Kier alpha value is -0.940. The third-order valence-corrected chi connectivity index (χ3v) is 8.71. The van der Waals surface area contributed by atoms with Gasteiger partial charge in [-0.05, 0) is 19.3 Å². The molecule has 0 heterocycles. The minimum absolute atomic E-state index is 0.153. The van der Waals surface area contributed by atoms with Crippen LogP contribution in [-0.2, 0) is 14.3 Å². The maximum Gasteiger partial charge on any atom is 0.316 e. The molecule has 0 aliphatic heterocycles. The first-order valence-electron chi connectivity index (χ1n) is 18.6. The average molecular weight is 597 g/mol. The monoisotopic (exact) mass is 597 g/mol. The third-order valence-electron chi connectivity index (χ3n) is 8.71. The number of aliphatic hydroxyl groups excluding tert-OH is 2. The van der Waals surface area contributed by atoms with Crippen LogP contribution in [0.25, 0.3) is 0 Å². The topological polar surface area (TPSA) is 83.8 Å². The first-order valence-corrected chi connectivity index (χ1v) is 18.6. The molecule has 0 rings (SSSR count). The highest BCUT2D eigenvalue weighted by Gasteiger charge is 2.25. The molecule has 0 saturated carbocycles. The van der Waals surface area contributed by atoms with E-state index >= 15 is 0 Å². The summed E-state index contributed by atoms with van der Waals surface area (Å²) >= 11 is 0. The van der Waals surface area contributed by atoms with E-state index in [-0.39, 0.29) is 19.4 Å². The van der Waals surface area contributed by atoms with Gasteiger partial charge in [0.2, 0.25) is 0 Å². The van der Waals surface area contributed by atoms with Crippen molar-refractivity contribution in [2.45, 2.75) is 213 Å². The summed E-state index contributed by atoms with van der Waals surface area (Å²) in [6.07, 6.45) is 34.1. The van der Waals surface area contributed by atoms with Crippen LogP contribution >= 0.6 is 0 Å². The van der Waals surface area contributed by atoms with Crippen molar-refractivity contribution >= 4 is 11.9 Å². The minimum Gasteiger partial charge on any atom is -0.394 e. The van der Waals surface area contributed by atoms with Crippen LogP contribution in [-0.4, -0.2) is 34.9 Å². The molecule has 2 N–H and O–H groups in total. The van der Waals surface area contributed by atoms with Gasteiger partial charge in [0.1, 0.15) is 0 Å². The van der Waals surface area contributed by atoms with Gasteiger partial charge < -0.3 is 14.9 Å². The summed E-state index contributed by atoms with van der Waals surface area (Å²) in [5, 5.41) is 19.2. The van der Waals surface area contributed by atoms with Gasteiger partial charge in [0.15, 0.2) is 0 Å². The quantitative estimate of drug-likeness (QED) is 0.0447. The molecule has 0 spiro atoms. The van der Waals surface area contributed by atoms with Gasteiger partial charge >= 0.3 is 11.9 Å². The molecular formula is C37H72O5. The molecule has 0 aliphatic carbocycles. The first kappa shape index (κ1) is 41.1. The Balaban J connectivity index is 3.87. The molecular weight excluding hydrogens is 524 g/mol. The molecule has 2 unspecified atom stereocenters. The molecule has 250 valence electrons. The second-order valence-electron chi connectivity index (χ2n) is 12.9. The fraction of sp³-hybridized carbons (Fsp3) is 0.946. The van der Waals surface area contributed by atoms with E-state index in [1.54, 1.807) is 0 Å². The molecule has 0 aromatic rings. The summed E-state index contributed by atoms with van der Waals surface area (Å²) < 4.78 is 5.16. The lowest BCUT2D eigenvalue weighted by Gasteiger charge is -2.17. The first-order chi connectivity index (χ1) is 20.5. The van der Waals surface area contributed by atoms with Gasteiger partial charge in [-0.15, -0.1) is 0 Å². The van der Waals surface area contributed by atoms with E-state index in [9.17, 15) is 19.8 Å². The Labute approximate surface area is 261 Å². The second kappa shape index (κ2) is 33.0. The van der Waals surface area contributed by atoms with Crippen molar-refractivity contribution in [3.63, 3.8) is 0 Å². The van der Waals surface area contributed by atoms with E-state index in [1.165, 1.54) is 135 Å². The normalized spacial score (nSPS) is 12.9. The Kier molecular flexibility index (Phi) is 32.2. The number of rotatable bonds is 33. The van der Waals surface area contributed by atoms with Crippen LogP contribution in [0, 0.1) is 5.92 Å². The van der Waals surface area contributed by atoms with E-state index < -0.39 is 24.0 Å². The lowest BCUT2D eigenvalue weighted by molar-refractivity contribution is -0.163. The van der Waals surface area contributed by atoms with E-state index in [4.69, 9.17) is 4.74 Å². The fourth-order valence-corrected chi connectivity index (χ4v) is 5.85. The molecule has 42 heavy (non-hydrogen) atoms. The van der Waals surface area contributed by atoms with Crippen molar-refractivity contribution in [1.29, 1.82) is 0 Å². The lowest BCUT2D eigenvalue weighted by atomic mass is 9.94. The Bertz CT molecular complexity index is 579. The summed E-state index contributed by atoms with van der Waals surface area (Å²) in [4.78, 5) is 24.9. The van der Waals surface area contributed by atoms with Gasteiger partial charge in [-0.2, -0.15) is 0 Å². The summed E-state index contributed by atoms with van der Waals surface area (Å²) in [7, 11) is 0. The highest BCUT2D eigenvalue weighted by molar-refractivity contribution is 5.86. The average Bonchev–Trinajstić information content (AvgIpc) is 2.98. The SMILES string of the molecule is CCCCCCCCCCCCCCCCC(CC(O)CO)C(=O)OC(=O)CCCCCCCCCCCCCCC. The van der Waals surface area contributed by atoms with Crippen LogP contribution in [0.3, 0.4) is 0 Å². The maximum absolute atomic E-state index is 12.7. The second-order valence-corrected chi connectivity index (χ2v) is 12.9. The van der Waals surface area contributed by atoms with E-state index in [2.05, 4.69) is 13.8 Å². The zero-order chi connectivity index (χ0) is 30.9. The molecule has 0 fully saturated rings. The molecule has 5 heteroatoms. The fourth-order valence-electron chi connectivity index (χ4n) is 5.85. The molecule has 0 saturated heterocycles. The van der Waals surface area contributed by atoms with Gasteiger partial charge in [0, 0.05) is 6.42 Å². The van der Waals surface area contributed by atoms with Crippen molar-refractivity contribution in [3.05, 3.63) is 0 Å². The highest BCUT2D eigenvalue weighted by atomic mass is 16.6. The molecule has 5 nitrogen and oxygen atoms in total. The Morgan fingerprint density at radius 1 is 0.524 bits per heavy atom. The zero-order valence-corrected chi connectivity index (χ0v) is 28.2. The summed E-state index contributed by atoms with van der Waals surface area (Å²) in [6.45, 7) is 4.14. The number of esters is 2. The van der Waals surface area contributed by atoms with Gasteiger partial charge in [-0.3, -0.25) is 9.59 Å². The third kappa shape index (κ3) is 29.1. The van der Waals surface area contributed by atoms with Crippen molar-refractivity contribution in [3.8, 4) is 0 Å². The van der Waals surface area contributed by atoms with Crippen molar-refractivity contribution in [2.24, 2.45) is 5.92 Å². The van der Waals surface area contributed by atoms with Crippen molar-refractivity contribution < 1.29 is 24.5 Å². The minimum atomic E-state index is -0.953. The van der Waals surface area contributed by atoms with E-state index in [1.807, 2.05) is 0 Å². The number of hydrogen-bond acceptors (Lipinski definition) is 5. The Morgan fingerprint density at radius 3 is 1.21 bits per heavy atom. The van der Waals surface area contributed by atoms with Crippen LogP contribution in [0.15, 0.2) is 0 Å². The summed E-state index contributed by atoms with van der Waals surface area (Å²) in [5.41, 5.74) is 0. The molecule has 0 aromatic heterocycles. The predicted octanol–water partition coefficient (Wildman–Crippen LogP) is 10.8. The number of carbonyl (C=O) groups excluding carboxylic acids is 2. The smallest absolute Gasteiger partial charge is 0.316 e. The number of hydrogen-bond donors (Lipinski definition) is 2. The van der Waals surface area contributed by atoms with E-state index in [0.717, 1.165) is 38.5 Å². The molecule has 0 bridgehead atoms. The molecule has 0 aliphatic rings. The van der Waals surface area contributed by atoms with Crippen molar-refractivity contribution in [1.82, 2.24) is 0 Å². The number of ether oxygens (including phenoxy) is 1. The Morgan fingerprint density at radius 2 is 0.857 bits per heavy atom. The zero-order valence-electron chi connectivity index (χ0n) is 28.2. The van der Waals surface area contributed by atoms with Crippen LogP contribution < -0.4 is 0 Å². The van der Waals surface area contributed by atoms with Gasteiger partial charge in [0.05, 0.1) is 18.6 Å². The van der Waals surface area contributed by atoms with Gasteiger partial charge in [0.25, 0.3) is 0 Å². The molecule has 0 radical (unpaired) electrons. The molecule has 2 atom stereocenters. The highest BCUT2D eigenvalue weighted by Crippen LogP contribution is 2.20. The van der Waals surface area contributed by atoms with Crippen LogP contribution in [0.4, 0.5) is 0 Å². The van der Waals surface area contributed by atoms with Crippen LogP contribution in [0.5, 0.6) is 0 Å². The largest absolute Gasteiger partial charge is 0.394 e. The van der Waals surface area contributed by atoms with Crippen LogP contribution in [0.1, 0.15) is 206 Å². The van der Waals surface area contributed by atoms with Gasteiger partial charge in [-0.25, -0.2) is 0 Å². The maximum atomic E-state index is 12.7. The number of unbranched alkanes of at least 4 members (excludes halogenated alkanes) is 25. The molecule has 0 aromatic carbocycles. The van der Waals surface area contributed by atoms with E-state index in [0.29, 0.717) is 6.42 Å². The van der Waals surface area contributed by atoms with Crippen LogP contribution in [0.2, 0.25) is 0 Å². The predicted molar refractivity (Wildman–Crippen MR) is 178 cm³/mol. The standard InChI is InChI=1S/C37H72O5/c1-3-5-7-9-11-13-15-17-19-20-22-24-26-28-30-34(32-35(39)33-38)37(41)42-36(40)31-29-27-25-23-21-18-16-14-12-10-8-6-4-2/h34-35,38-39H,3-33H2,1-2H3. The number of carbonyl (C=O) groups is 2. The summed E-state index contributed by atoms with van der Waals surface area (Å²) in [5.74, 6) is -1.51. The van der Waals surface area contributed by atoms with Crippen molar-refractivity contribution in [2.75, 3.05) is 6.61 Å². The van der Waals surface area contributed by atoms with Gasteiger partial charge in [-0.1, -0.05) is 181 Å². The molecule has 0 amide bonds.